The molecule has 2 heterocycles. The van der Waals surface area contributed by atoms with Gasteiger partial charge in [0, 0.05) is 56.8 Å². The van der Waals surface area contributed by atoms with Crippen LogP contribution in [0.4, 0.5) is 13.2 Å². The molecule has 0 saturated carbocycles. The number of methoxy groups -OCH3 is 2. The van der Waals surface area contributed by atoms with Gasteiger partial charge in [0.15, 0.2) is 0 Å². The van der Waals surface area contributed by atoms with Crippen LogP contribution in [0.3, 0.4) is 0 Å². The van der Waals surface area contributed by atoms with Gasteiger partial charge in [-0.15, -0.1) is 0 Å². The van der Waals surface area contributed by atoms with Crippen LogP contribution in [-0.2, 0) is 19.1 Å². The minimum Gasteiger partial charge on any atom is -0.497 e. The molecule has 3 aromatic rings. The third kappa shape index (κ3) is 6.59. The van der Waals surface area contributed by atoms with Crippen molar-refractivity contribution in [3.63, 3.8) is 0 Å². The van der Waals surface area contributed by atoms with Crippen LogP contribution in [0.25, 0.3) is 11.3 Å². The van der Waals surface area contributed by atoms with E-state index in [-0.39, 0.29) is 0 Å². The average molecular weight is 504 g/mol. The minimum absolute atomic E-state index is 0.330. The Bertz CT molecular complexity index is 1120. The highest BCUT2D eigenvalue weighted by Crippen LogP contribution is 2.34. The van der Waals surface area contributed by atoms with Gasteiger partial charge in [-0.25, -0.2) is 0 Å². The first-order valence-electron chi connectivity index (χ1n) is 12.1. The Hall–Kier alpha value is -3.04. The maximum absolute atomic E-state index is 13.3. The number of piperazine rings is 1. The monoisotopic (exact) mass is 503 g/mol. The number of nitrogens with zero attached hydrogens (tertiary/aromatic N) is 3. The summed E-state index contributed by atoms with van der Waals surface area (Å²) >= 11 is 0. The van der Waals surface area contributed by atoms with Gasteiger partial charge < -0.3 is 18.9 Å². The van der Waals surface area contributed by atoms with Gasteiger partial charge in [-0.1, -0.05) is 23.4 Å². The lowest BCUT2D eigenvalue weighted by Crippen LogP contribution is -2.46. The molecule has 0 spiro atoms. The molecular weight excluding hydrogens is 471 g/mol. The van der Waals surface area contributed by atoms with Crippen molar-refractivity contribution in [2.24, 2.45) is 0 Å². The Labute approximate surface area is 209 Å². The van der Waals surface area contributed by atoms with Crippen molar-refractivity contribution < 1.29 is 27.2 Å². The van der Waals surface area contributed by atoms with E-state index in [9.17, 15) is 13.2 Å². The fraction of sp³-hybridized carbons (Fsp3) is 0.444. The van der Waals surface area contributed by atoms with E-state index in [1.165, 1.54) is 6.07 Å². The van der Waals surface area contributed by atoms with E-state index < -0.39 is 11.7 Å². The summed E-state index contributed by atoms with van der Waals surface area (Å²) in [5.41, 5.74) is 1.39. The molecule has 1 aliphatic rings. The van der Waals surface area contributed by atoms with Crippen LogP contribution < -0.4 is 9.47 Å². The molecule has 0 aliphatic carbocycles. The number of aromatic nitrogens is 1. The number of benzene rings is 2. The number of halogens is 3. The van der Waals surface area contributed by atoms with Crippen molar-refractivity contribution in [2.75, 3.05) is 46.9 Å². The molecule has 36 heavy (non-hydrogen) atoms. The molecule has 1 aliphatic heterocycles. The third-order valence-electron chi connectivity index (χ3n) is 6.57. The highest BCUT2D eigenvalue weighted by molar-refractivity contribution is 5.68. The number of aryl methyl sites for hydroxylation is 1. The van der Waals surface area contributed by atoms with Crippen LogP contribution >= 0.6 is 0 Å². The van der Waals surface area contributed by atoms with E-state index in [0.29, 0.717) is 23.6 Å². The van der Waals surface area contributed by atoms with Crippen LogP contribution in [0.1, 0.15) is 29.7 Å². The van der Waals surface area contributed by atoms with Gasteiger partial charge in [0.2, 0.25) is 0 Å². The van der Waals surface area contributed by atoms with Crippen molar-refractivity contribution in [3.05, 3.63) is 65.4 Å². The molecule has 0 atom stereocenters. The van der Waals surface area contributed by atoms with E-state index in [1.54, 1.807) is 26.4 Å². The topological polar surface area (TPSA) is 51.0 Å². The van der Waals surface area contributed by atoms with Crippen LogP contribution in [-0.4, -0.2) is 61.9 Å². The molecule has 4 rings (SSSR count). The van der Waals surface area contributed by atoms with Gasteiger partial charge in [0.1, 0.15) is 23.0 Å². The molecule has 0 radical (unpaired) electrons. The number of hydrogen-bond donors (Lipinski definition) is 0. The maximum Gasteiger partial charge on any atom is 0.416 e. The summed E-state index contributed by atoms with van der Waals surface area (Å²) in [6.45, 7) is 4.54. The van der Waals surface area contributed by atoms with Gasteiger partial charge in [-0.05, 0) is 43.1 Å². The molecule has 0 bridgehead atoms. The van der Waals surface area contributed by atoms with Crippen LogP contribution in [0.15, 0.2) is 53.1 Å². The lowest BCUT2D eigenvalue weighted by molar-refractivity contribution is -0.138. The molecule has 6 nitrogen and oxygen atoms in total. The second-order valence-corrected chi connectivity index (χ2v) is 8.97. The summed E-state index contributed by atoms with van der Waals surface area (Å²) < 4.78 is 56.0. The van der Waals surface area contributed by atoms with Crippen LogP contribution in [0.2, 0.25) is 0 Å². The summed E-state index contributed by atoms with van der Waals surface area (Å²) in [4.78, 5) is 4.48. The van der Waals surface area contributed by atoms with Gasteiger partial charge in [-0.2, -0.15) is 13.2 Å². The maximum atomic E-state index is 13.3. The first-order valence-corrected chi connectivity index (χ1v) is 12.1. The van der Waals surface area contributed by atoms with Gasteiger partial charge in [0.25, 0.3) is 0 Å². The van der Waals surface area contributed by atoms with E-state index in [2.05, 4.69) is 15.0 Å². The van der Waals surface area contributed by atoms with Gasteiger partial charge in [-0.3, -0.25) is 4.90 Å². The van der Waals surface area contributed by atoms with Crippen molar-refractivity contribution in [3.8, 4) is 22.8 Å². The number of rotatable bonds is 10. The summed E-state index contributed by atoms with van der Waals surface area (Å²) in [7, 11) is 3.22. The number of alkyl halides is 3. The average Bonchev–Trinajstić information content (AvgIpc) is 3.35. The minimum atomic E-state index is -4.32. The Kier molecular flexibility index (Phi) is 8.53. The SMILES string of the molecule is COc1ccc(-c2cc(CCCCN3CCN(Cc4ccccc4C(F)(F)F)CC3)on2)c(OC)c1. The van der Waals surface area contributed by atoms with Crippen molar-refractivity contribution in [1.29, 1.82) is 0 Å². The molecule has 0 amide bonds. The summed E-state index contributed by atoms with van der Waals surface area (Å²) in [5.74, 6) is 2.22. The molecule has 9 heteroatoms. The zero-order valence-electron chi connectivity index (χ0n) is 20.7. The molecule has 1 aromatic heterocycles. The molecule has 1 fully saturated rings. The largest absolute Gasteiger partial charge is 0.497 e. The van der Waals surface area contributed by atoms with E-state index in [4.69, 9.17) is 14.0 Å². The standard InChI is InChI=1S/C27H32F3N3O3/c1-34-21-10-11-23(26(18-21)35-2)25-17-22(36-31-25)8-5-6-12-32-13-15-33(16-14-32)19-20-7-3-4-9-24(20)27(28,29)30/h3-4,7,9-11,17-18H,5-6,8,12-16,19H2,1-2H3. The molecule has 2 aromatic carbocycles. The molecule has 0 N–H and O–H groups in total. The smallest absolute Gasteiger partial charge is 0.416 e. The zero-order valence-corrected chi connectivity index (χ0v) is 20.7. The lowest BCUT2D eigenvalue weighted by atomic mass is 10.1. The Balaban J connectivity index is 1.20. The van der Waals surface area contributed by atoms with Crippen LogP contribution in [0, 0.1) is 0 Å². The van der Waals surface area contributed by atoms with E-state index >= 15 is 0 Å². The summed E-state index contributed by atoms with van der Waals surface area (Å²) in [6, 6.07) is 13.4. The first kappa shape index (κ1) is 26.0. The van der Waals surface area contributed by atoms with Crippen molar-refractivity contribution >= 4 is 0 Å². The fourth-order valence-electron chi connectivity index (χ4n) is 4.55. The zero-order chi connectivity index (χ0) is 25.5. The number of ether oxygens (including phenoxy) is 2. The summed E-state index contributed by atoms with van der Waals surface area (Å²) in [6.07, 6.45) is -1.55. The second kappa shape index (κ2) is 11.8. The lowest BCUT2D eigenvalue weighted by Gasteiger charge is -2.35. The predicted octanol–water partition coefficient (Wildman–Crippen LogP) is 5.52. The summed E-state index contributed by atoms with van der Waals surface area (Å²) in [5, 5.41) is 4.20. The molecule has 0 unspecified atom stereocenters. The third-order valence-corrected chi connectivity index (χ3v) is 6.57. The second-order valence-electron chi connectivity index (χ2n) is 8.97. The Morgan fingerprint density at radius 2 is 1.67 bits per heavy atom. The van der Waals surface area contributed by atoms with Gasteiger partial charge in [0.05, 0.1) is 19.8 Å². The molecule has 194 valence electrons. The number of hydrogen-bond acceptors (Lipinski definition) is 6. The normalized spacial score (nSPS) is 15.2. The van der Waals surface area contributed by atoms with E-state index in [0.717, 1.165) is 75.1 Å². The van der Waals surface area contributed by atoms with Crippen molar-refractivity contribution in [2.45, 2.75) is 32.0 Å². The molecular formula is C27H32F3N3O3. The Morgan fingerprint density at radius 1 is 0.917 bits per heavy atom. The highest BCUT2D eigenvalue weighted by atomic mass is 19.4. The highest BCUT2D eigenvalue weighted by Gasteiger charge is 2.33. The van der Waals surface area contributed by atoms with Gasteiger partial charge >= 0.3 is 6.18 Å². The van der Waals surface area contributed by atoms with E-state index in [1.807, 2.05) is 24.3 Å². The fourth-order valence-corrected chi connectivity index (χ4v) is 4.55. The first-order chi connectivity index (χ1) is 17.4. The number of unbranched alkanes of at least 4 members (excludes halogenated alkanes) is 1. The quantitative estimate of drug-likeness (QED) is 0.340. The van der Waals surface area contributed by atoms with Crippen molar-refractivity contribution in [1.82, 2.24) is 15.0 Å². The Morgan fingerprint density at radius 3 is 2.39 bits per heavy atom. The predicted molar refractivity (Wildman–Crippen MR) is 131 cm³/mol. The van der Waals surface area contributed by atoms with Crippen LogP contribution in [0.5, 0.6) is 11.5 Å². The molecule has 1 saturated heterocycles.